The predicted octanol–water partition coefficient (Wildman–Crippen LogP) is 2.28. The molecule has 2 aliphatic rings. The van der Waals surface area contributed by atoms with E-state index in [-0.39, 0.29) is 5.91 Å². The van der Waals surface area contributed by atoms with E-state index in [4.69, 9.17) is 0 Å². The summed E-state index contributed by atoms with van der Waals surface area (Å²) < 4.78 is 1.81. The van der Waals surface area contributed by atoms with Crippen molar-refractivity contribution in [2.24, 2.45) is 7.05 Å². The van der Waals surface area contributed by atoms with Crippen molar-refractivity contribution in [2.45, 2.75) is 19.9 Å². The van der Waals surface area contributed by atoms with E-state index in [1.54, 1.807) is 6.92 Å². The van der Waals surface area contributed by atoms with Crippen molar-refractivity contribution in [3.63, 3.8) is 0 Å². The molecule has 28 heavy (non-hydrogen) atoms. The molecule has 0 unspecified atom stereocenters. The highest BCUT2D eigenvalue weighted by Crippen LogP contribution is 2.39. The van der Waals surface area contributed by atoms with Gasteiger partial charge in [0.15, 0.2) is 5.82 Å². The van der Waals surface area contributed by atoms with Crippen LogP contribution >= 0.6 is 0 Å². The summed E-state index contributed by atoms with van der Waals surface area (Å²) in [4.78, 5) is 16.0. The average Bonchev–Trinajstić information content (AvgIpc) is 3.32. The van der Waals surface area contributed by atoms with Gasteiger partial charge in [-0.3, -0.25) is 14.6 Å². The zero-order valence-electron chi connectivity index (χ0n) is 16.1. The summed E-state index contributed by atoms with van der Waals surface area (Å²) in [6.07, 6.45) is 4.71. The second-order valence-corrected chi connectivity index (χ2v) is 7.41. The maximum Gasteiger partial charge on any atom is 0.219 e. The van der Waals surface area contributed by atoms with Gasteiger partial charge in [-0.2, -0.15) is 10.2 Å². The summed E-state index contributed by atoms with van der Waals surface area (Å²) in [6.45, 7) is 4.66. The lowest BCUT2D eigenvalue weighted by atomic mass is 10.0. The number of fused-ring (bicyclic) bond motifs is 2. The monoisotopic (exact) mass is 377 g/mol. The number of nitrogens with zero attached hydrogens (tertiary/aromatic N) is 5. The number of hydrogen-bond acceptors (Lipinski definition) is 5. The van der Waals surface area contributed by atoms with Gasteiger partial charge in [-0.25, -0.2) is 0 Å². The Labute approximate surface area is 163 Å². The lowest BCUT2D eigenvalue weighted by Crippen LogP contribution is -2.36. The van der Waals surface area contributed by atoms with E-state index >= 15 is 0 Å². The van der Waals surface area contributed by atoms with Gasteiger partial charge >= 0.3 is 0 Å². The van der Waals surface area contributed by atoms with Gasteiger partial charge in [0.1, 0.15) is 0 Å². The Bertz CT molecular complexity index is 1050. The molecule has 0 fully saturated rings. The van der Waals surface area contributed by atoms with E-state index in [1.165, 1.54) is 0 Å². The zero-order chi connectivity index (χ0) is 19.3. The second kappa shape index (κ2) is 6.40. The Morgan fingerprint density at radius 2 is 2.11 bits per heavy atom. The number of carbonyl (C=O) groups is 1. The van der Waals surface area contributed by atoms with Gasteiger partial charge in [0, 0.05) is 63.0 Å². The van der Waals surface area contributed by atoms with E-state index in [1.807, 2.05) is 29.0 Å². The van der Waals surface area contributed by atoms with Crippen LogP contribution in [0.1, 0.15) is 18.2 Å². The van der Waals surface area contributed by atoms with Gasteiger partial charge in [-0.05, 0) is 17.7 Å². The molecule has 0 aliphatic carbocycles. The van der Waals surface area contributed by atoms with E-state index in [0.29, 0.717) is 6.54 Å². The number of rotatable bonds is 2. The number of anilines is 3. The fourth-order valence-corrected chi connectivity index (χ4v) is 4.08. The minimum absolute atomic E-state index is 0.111. The molecular weight excluding hydrogens is 354 g/mol. The standard InChI is InChI=1S/C20H23N7O/c1-13(28)26-7-5-17-16(12-26)20(24-23-17)27-8-6-21-18-9-14(3-4-19(18)27)15-10-22-25(2)11-15/h3-4,9-11,21H,5-8,12H2,1-2H3,(H,23,24). The first-order chi connectivity index (χ1) is 13.6. The molecule has 5 rings (SSSR count). The molecule has 0 spiro atoms. The van der Waals surface area contributed by atoms with Crippen LogP contribution in [0.2, 0.25) is 0 Å². The van der Waals surface area contributed by atoms with Crippen molar-refractivity contribution in [2.75, 3.05) is 29.9 Å². The minimum atomic E-state index is 0.111. The number of nitrogens with one attached hydrogen (secondary N) is 2. The van der Waals surface area contributed by atoms with Crippen LogP contribution in [-0.4, -0.2) is 50.4 Å². The van der Waals surface area contributed by atoms with Gasteiger partial charge in [0.2, 0.25) is 5.91 Å². The Balaban J connectivity index is 1.51. The van der Waals surface area contributed by atoms with Gasteiger partial charge in [-0.15, -0.1) is 0 Å². The molecule has 2 N–H and O–H groups in total. The SMILES string of the molecule is CC(=O)N1CCc2[nH]nc(N3CCNc4cc(-c5cnn(C)c5)ccc43)c2C1. The molecule has 2 aromatic heterocycles. The Morgan fingerprint density at radius 3 is 2.89 bits per heavy atom. The smallest absolute Gasteiger partial charge is 0.219 e. The fourth-order valence-electron chi connectivity index (χ4n) is 4.08. The first-order valence-electron chi connectivity index (χ1n) is 9.56. The van der Waals surface area contributed by atoms with E-state index < -0.39 is 0 Å². The predicted molar refractivity (Wildman–Crippen MR) is 108 cm³/mol. The minimum Gasteiger partial charge on any atom is -0.382 e. The molecule has 3 aromatic rings. The number of aromatic nitrogens is 4. The zero-order valence-corrected chi connectivity index (χ0v) is 16.1. The van der Waals surface area contributed by atoms with Crippen LogP contribution in [0.25, 0.3) is 11.1 Å². The molecular formula is C20H23N7O. The summed E-state index contributed by atoms with van der Waals surface area (Å²) in [5, 5.41) is 15.6. The van der Waals surface area contributed by atoms with Gasteiger partial charge < -0.3 is 15.1 Å². The number of H-pyrrole nitrogens is 1. The van der Waals surface area contributed by atoms with Crippen molar-refractivity contribution in [3.05, 3.63) is 41.9 Å². The number of hydrogen-bond donors (Lipinski definition) is 2. The van der Waals surface area contributed by atoms with Crippen molar-refractivity contribution < 1.29 is 4.79 Å². The number of benzene rings is 1. The van der Waals surface area contributed by atoms with Crippen molar-refractivity contribution >= 4 is 23.1 Å². The highest BCUT2D eigenvalue weighted by Gasteiger charge is 2.28. The van der Waals surface area contributed by atoms with Crippen LogP contribution in [0.5, 0.6) is 0 Å². The quantitative estimate of drug-likeness (QED) is 0.716. The molecule has 1 aromatic carbocycles. The molecule has 8 nitrogen and oxygen atoms in total. The van der Waals surface area contributed by atoms with Crippen LogP contribution in [0.4, 0.5) is 17.2 Å². The Hall–Kier alpha value is -3.29. The van der Waals surface area contributed by atoms with E-state index in [9.17, 15) is 4.79 Å². The fraction of sp³-hybridized carbons (Fsp3) is 0.350. The number of aromatic amines is 1. The van der Waals surface area contributed by atoms with E-state index in [2.05, 4.69) is 43.7 Å². The lowest BCUT2D eigenvalue weighted by molar-refractivity contribution is -0.129. The van der Waals surface area contributed by atoms with Crippen molar-refractivity contribution in [1.82, 2.24) is 24.9 Å². The molecule has 0 saturated heterocycles. The van der Waals surface area contributed by atoms with Crippen molar-refractivity contribution in [1.29, 1.82) is 0 Å². The number of aryl methyl sites for hydroxylation is 1. The maximum absolute atomic E-state index is 11.9. The summed E-state index contributed by atoms with van der Waals surface area (Å²) in [5.74, 6) is 1.04. The largest absolute Gasteiger partial charge is 0.382 e. The highest BCUT2D eigenvalue weighted by atomic mass is 16.2. The summed E-state index contributed by atoms with van der Waals surface area (Å²) in [6, 6.07) is 6.42. The molecule has 2 aliphatic heterocycles. The van der Waals surface area contributed by atoms with Gasteiger partial charge in [0.05, 0.1) is 24.1 Å². The van der Waals surface area contributed by atoms with Crippen LogP contribution in [0.3, 0.4) is 0 Å². The Morgan fingerprint density at radius 1 is 1.21 bits per heavy atom. The van der Waals surface area contributed by atoms with Crippen LogP contribution in [0, 0.1) is 0 Å². The summed E-state index contributed by atoms with van der Waals surface area (Å²) in [7, 11) is 1.92. The molecule has 0 atom stereocenters. The normalized spacial score (nSPS) is 15.8. The van der Waals surface area contributed by atoms with Gasteiger partial charge in [-0.1, -0.05) is 6.07 Å². The van der Waals surface area contributed by atoms with Crippen LogP contribution in [-0.2, 0) is 24.8 Å². The first kappa shape index (κ1) is 16.9. The molecule has 0 saturated carbocycles. The Kier molecular flexibility index (Phi) is 3.85. The maximum atomic E-state index is 11.9. The summed E-state index contributed by atoms with van der Waals surface area (Å²) >= 11 is 0. The lowest BCUT2D eigenvalue weighted by Gasteiger charge is -2.33. The average molecular weight is 377 g/mol. The van der Waals surface area contributed by atoms with E-state index in [0.717, 1.165) is 65.6 Å². The third-order valence-corrected chi connectivity index (χ3v) is 5.59. The van der Waals surface area contributed by atoms with Crippen LogP contribution in [0.15, 0.2) is 30.6 Å². The van der Waals surface area contributed by atoms with Gasteiger partial charge in [0.25, 0.3) is 0 Å². The number of carbonyl (C=O) groups excluding carboxylic acids is 1. The van der Waals surface area contributed by atoms with Crippen LogP contribution < -0.4 is 10.2 Å². The second-order valence-electron chi connectivity index (χ2n) is 7.41. The molecule has 4 heterocycles. The summed E-state index contributed by atoms with van der Waals surface area (Å²) in [5.41, 5.74) is 6.69. The third-order valence-electron chi connectivity index (χ3n) is 5.59. The highest BCUT2D eigenvalue weighted by molar-refractivity contribution is 5.83. The number of amides is 1. The molecule has 0 radical (unpaired) electrons. The third kappa shape index (κ3) is 2.72. The van der Waals surface area contributed by atoms with Crippen molar-refractivity contribution in [3.8, 4) is 11.1 Å². The molecule has 144 valence electrons. The topological polar surface area (TPSA) is 82.1 Å². The molecule has 1 amide bonds. The molecule has 0 bridgehead atoms. The first-order valence-corrected chi connectivity index (χ1v) is 9.56. The molecule has 8 heteroatoms.